The van der Waals surface area contributed by atoms with Gasteiger partial charge in [0, 0.05) is 33.1 Å². The fourth-order valence-electron chi connectivity index (χ4n) is 6.85. The summed E-state index contributed by atoms with van der Waals surface area (Å²) in [7, 11) is 0. The predicted molar refractivity (Wildman–Crippen MR) is 194 cm³/mol. The second kappa shape index (κ2) is 10.5. The van der Waals surface area contributed by atoms with Crippen molar-refractivity contribution in [2.45, 2.75) is 0 Å². The molecule has 0 atom stereocenters. The number of fused-ring (bicyclic) bond motifs is 8. The molecule has 48 heavy (non-hydrogen) atoms. The van der Waals surface area contributed by atoms with Crippen molar-refractivity contribution in [1.82, 2.24) is 4.98 Å². The van der Waals surface area contributed by atoms with Crippen LogP contribution in [0.1, 0.15) is 0 Å². The fraction of sp³-hybridized carbons (Fsp3) is 0. The van der Waals surface area contributed by atoms with E-state index in [1.807, 2.05) is 66.7 Å². The van der Waals surface area contributed by atoms with Crippen LogP contribution in [0.2, 0.25) is 0 Å². The monoisotopic (exact) mass is 618 g/mol. The molecule has 0 spiro atoms. The van der Waals surface area contributed by atoms with E-state index >= 15 is 0 Å². The Morgan fingerprint density at radius 2 is 1.08 bits per heavy atom. The SMILES string of the molecule is c1ccc(-c2nc3c(ccc4oc5ccc(-c6ccc(N(c7ccccc7)c7cccc8c7oc7ccccc78)cc6)cc5c43)o2)cc1. The van der Waals surface area contributed by atoms with Crippen molar-refractivity contribution in [2.24, 2.45) is 0 Å². The highest BCUT2D eigenvalue weighted by Gasteiger charge is 2.20. The third-order valence-corrected chi connectivity index (χ3v) is 9.11. The van der Waals surface area contributed by atoms with Gasteiger partial charge in [-0.25, -0.2) is 4.98 Å². The standard InChI is InChI=1S/C43H26N2O3/c1-3-10-28(11-4-1)43-44-41-39(48-43)25-24-38-40(41)34-26-29(20-23-37(34)46-38)27-18-21-31(22-19-27)45(30-12-5-2-6-13-30)35-16-9-15-33-32-14-7-8-17-36(32)47-42(33)35/h1-26H. The Hall–Kier alpha value is -6.59. The molecule has 226 valence electrons. The number of furan rings is 2. The van der Waals surface area contributed by atoms with Crippen LogP contribution in [0.3, 0.4) is 0 Å². The summed E-state index contributed by atoms with van der Waals surface area (Å²) in [5.41, 5.74) is 11.1. The van der Waals surface area contributed by atoms with E-state index in [1.165, 1.54) is 0 Å². The molecule has 0 radical (unpaired) electrons. The van der Waals surface area contributed by atoms with E-state index in [9.17, 15) is 0 Å². The summed E-state index contributed by atoms with van der Waals surface area (Å²) in [6.07, 6.45) is 0. The summed E-state index contributed by atoms with van der Waals surface area (Å²) in [5, 5.41) is 4.17. The number of hydrogen-bond donors (Lipinski definition) is 0. The number of oxazole rings is 1. The van der Waals surface area contributed by atoms with Gasteiger partial charge in [0.2, 0.25) is 5.89 Å². The molecule has 10 rings (SSSR count). The maximum absolute atomic E-state index is 6.46. The van der Waals surface area contributed by atoms with Gasteiger partial charge in [-0.3, -0.25) is 0 Å². The summed E-state index contributed by atoms with van der Waals surface area (Å²) >= 11 is 0. The topological polar surface area (TPSA) is 55.6 Å². The zero-order valence-corrected chi connectivity index (χ0v) is 25.6. The van der Waals surface area contributed by atoms with Gasteiger partial charge in [0.05, 0.1) is 11.1 Å². The number of rotatable bonds is 5. The summed E-state index contributed by atoms with van der Waals surface area (Å²) in [5.74, 6) is 0.598. The van der Waals surface area contributed by atoms with Gasteiger partial charge in [0.15, 0.2) is 11.2 Å². The lowest BCUT2D eigenvalue weighted by Crippen LogP contribution is -2.10. The minimum absolute atomic E-state index is 0.598. The smallest absolute Gasteiger partial charge is 0.227 e. The van der Waals surface area contributed by atoms with Crippen LogP contribution in [0.15, 0.2) is 171 Å². The molecular formula is C43H26N2O3. The maximum Gasteiger partial charge on any atom is 0.227 e. The molecule has 0 amide bonds. The van der Waals surface area contributed by atoms with E-state index in [4.69, 9.17) is 18.2 Å². The fourth-order valence-corrected chi connectivity index (χ4v) is 6.85. The van der Waals surface area contributed by atoms with Gasteiger partial charge in [-0.2, -0.15) is 0 Å². The largest absolute Gasteiger partial charge is 0.456 e. The first-order chi connectivity index (χ1) is 23.8. The Bertz CT molecular complexity index is 2770. The van der Waals surface area contributed by atoms with Gasteiger partial charge >= 0.3 is 0 Å². The molecule has 3 heterocycles. The molecular weight excluding hydrogens is 592 g/mol. The van der Waals surface area contributed by atoms with Crippen molar-refractivity contribution >= 4 is 72.0 Å². The van der Waals surface area contributed by atoms with Crippen molar-refractivity contribution in [1.29, 1.82) is 0 Å². The summed E-state index contributed by atoms with van der Waals surface area (Å²) in [6, 6.07) is 53.9. The van der Waals surface area contributed by atoms with Crippen molar-refractivity contribution in [2.75, 3.05) is 4.90 Å². The third-order valence-electron chi connectivity index (χ3n) is 9.11. The summed E-state index contributed by atoms with van der Waals surface area (Å²) in [4.78, 5) is 7.18. The van der Waals surface area contributed by atoms with E-state index in [-0.39, 0.29) is 0 Å². The molecule has 0 saturated carbocycles. The van der Waals surface area contributed by atoms with Crippen LogP contribution in [-0.2, 0) is 0 Å². The molecule has 10 aromatic rings. The van der Waals surface area contributed by atoms with Crippen LogP contribution in [0.25, 0.3) is 77.6 Å². The normalized spacial score (nSPS) is 11.8. The molecule has 0 N–H and O–H groups in total. The van der Waals surface area contributed by atoms with Crippen LogP contribution < -0.4 is 4.90 Å². The second-order valence-electron chi connectivity index (χ2n) is 12.0. The zero-order valence-electron chi connectivity index (χ0n) is 25.6. The number of benzene rings is 7. The first kappa shape index (κ1) is 26.6. The van der Waals surface area contributed by atoms with Gasteiger partial charge < -0.3 is 18.2 Å². The average molecular weight is 619 g/mol. The van der Waals surface area contributed by atoms with E-state index in [2.05, 4.69) is 95.9 Å². The van der Waals surface area contributed by atoms with E-state index < -0.39 is 0 Å². The number of nitrogens with zero attached hydrogens (tertiary/aromatic N) is 2. The van der Waals surface area contributed by atoms with Gasteiger partial charge in [0.1, 0.15) is 22.3 Å². The molecule has 5 heteroatoms. The minimum Gasteiger partial charge on any atom is -0.456 e. The first-order valence-electron chi connectivity index (χ1n) is 16.0. The predicted octanol–water partition coefficient (Wildman–Crippen LogP) is 12.4. The van der Waals surface area contributed by atoms with E-state index in [0.717, 1.165) is 88.7 Å². The summed E-state index contributed by atoms with van der Waals surface area (Å²) < 4.78 is 18.9. The lowest BCUT2D eigenvalue weighted by Gasteiger charge is -2.25. The highest BCUT2D eigenvalue weighted by Crippen LogP contribution is 2.43. The molecule has 0 aliphatic carbocycles. The second-order valence-corrected chi connectivity index (χ2v) is 12.0. The number of aromatic nitrogens is 1. The van der Waals surface area contributed by atoms with Crippen LogP contribution in [-0.4, -0.2) is 4.98 Å². The first-order valence-corrected chi connectivity index (χ1v) is 16.0. The zero-order chi connectivity index (χ0) is 31.6. The molecule has 5 nitrogen and oxygen atoms in total. The van der Waals surface area contributed by atoms with E-state index in [0.29, 0.717) is 5.89 Å². The Kier molecular flexibility index (Phi) is 5.81. The lowest BCUT2D eigenvalue weighted by atomic mass is 10.0. The Balaban J connectivity index is 1.09. The lowest BCUT2D eigenvalue weighted by molar-refractivity contribution is 0.619. The average Bonchev–Trinajstić information content (AvgIpc) is 3.86. The Morgan fingerprint density at radius 1 is 0.417 bits per heavy atom. The number of anilines is 3. The Labute approximate surface area is 274 Å². The van der Waals surface area contributed by atoms with Gasteiger partial charge in [0.25, 0.3) is 0 Å². The molecule has 0 aliphatic heterocycles. The maximum atomic E-state index is 6.46. The summed E-state index contributed by atoms with van der Waals surface area (Å²) in [6.45, 7) is 0. The molecule has 0 saturated heterocycles. The molecule has 3 aromatic heterocycles. The highest BCUT2D eigenvalue weighted by molar-refractivity contribution is 6.17. The molecule has 0 aliphatic rings. The van der Waals surface area contributed by atoms with Crippen LogP contribution >= 0.6 is 0 Å². The van der Waals surface area contributed by atoms with E-state index in [1.54, 1.807) is 0 Å². The van der Waals surface area contributed by atoms with Crippen LogP contribution in [0, 0.1) is 0 Å². The Morgan fingerprint density at radius 3 is 1.94 bits per heavy atom. The minimum atomic E-state index is 0.598. The number of para-hydroxylation sites is 3. The molecule has 0 fully saturated rings. The van der Waals surface area contributed by atoms with Crippen molar-refractivity contribution in [3.63, 3.8) is 0 Å². The van der Waals surface area contributed by atoms with Crippen molar-refractivity contribution < 1.29 is 13.3 Å². The van der Waals surface area contributed by atoms with Crippen LogP contribution in [0.5, 0.6) is 0 Å². The number of hydrogen-bond acceptors (Lipinski definition) is 5. The third kappa shape index (κ3) is 4.15. The van der Waals surface area contributed by atoms with Gasteiger partial charge in [-0.15, -0.1) is 0 Å². The van der Waals surface area contributed by atoms with Crippen molar-refractivity contribution in [3.8, 4) is 22.6 Å². The quantitative estimate of drug-likeness (QED) is 0.192. The molecule has 7 aromatic carbocycles. The van der Waals surface area contributed by atoms with Gasteiger partial charge in [-0.1, -0.05) is 84.9 Å². The molecule has 0 unspecified atom stereocenters. The van der Waals surface area contributed by atoms with Crippen LogP contribution in [0.4, 0.5) is 17.1 Å². The highest BCUT2D eigenvalue weighted by atomic mass is 16.4. The van der Waals surface area contributed by atoms with Gasteiger partial charge in [-0.05, 0) is 83.9 Å². The van der Waals surface area contributed by atoms with Crippen molar-refractivity contribution in [3.05, 3.63) is 158 Å². The molecule has 0 bridgehead atoms.